The Labute approximate surface area is 145 Å². The lowest BCUT2D eigenvalue weighted by Crippen LogP contribution is -2.41. The number of carbonyl (C=O) groups is 1. The van der Waals surface area contributed by atoms with Crippen LogP contribution < -0.4 is 5.32 Å². The monoisotopic (exact) mass is 332 g/mol. The van der Waals surface area contributed by atoms with Crippen molar-refractivity contribution in [2.24, 2.45) is 5.92 Å². The fourth-order valence-corrected chi connectivity index (χ4v) is 4.14. The molecule has 0 spiro atoms. The van der Waals surface area contributed by atoms with Crippen LogP contribution in [-0.4, -0.2) is 46.8 Å². The minimum atomic E-state index is 0.0373. The van der Waals surface area contributed by atoms with Crippen LogP contribution in [0.3, 0.4) is 0 Å². The Balaban J connectivity index is 1.83. The number of fused-ring (bicyclic) bond motifs is 1. The van der Waals surface area contributed by atoms with Crippen molar-refractivity contribution in [1.29, 1.82) is 0 Å². The molecular formula is C19H32N4O. The molecule has 5 nitrogen and oxygen atoms in total. The maximum absolute atomic E-state index is 12.6. The van der Waals surface area contributed by atoms with Gasteiger partial charge in [-0.05, 0) is 38.0 Å². The van der Waals surface area contributed by atoms with E-state index in [1.807, 2.05) is 14.1 Å². The molecule has 1 saturated carbocycles. The highest BCUT2D eigenvalue weighted by Gasteiger charge is 2.31. The number of amides is 1. The first-order chi connectivity index (χ1) is 11.5. The van der Waals surface area contributed by atoms with E-state index in [-0.39, 0.29) is 5.91 Å². The van der Waals surface area contributed by atoms with E-state index in [9.17, 15) is 4.79 Å². The van der Waals surface area contributed by atoms with Crippen molar-refractivity contribution in [3.05, 3.63) is 17.0 Å². The molecular weight excluding hydrogens is 300 g/mol. The van der Waals surface area contributed by atoms with E-state index in [0.717, 1.165) is 25.8 Å². The summed E-state index contributed by atoms with van der Waals surface area (Å²) in [6.45, 7) is 5.30. The summed E-state index contributed by atoms with van der Waals surface area (Å²) in [7, 11) is 3.63. The summed E-state index contributed by atoms with van der Waals surface area (Å²) in [4.78, 5) is 14.2. The van der Waals surface area contributed by atoms with Gasteiger partial charge in [-0.3, -0.25) is 9.48 Å². The van der Waals surface area contributed by atoms with Gasteiger partial charge in [-0.15, -0.1) is 0 Å². The van der Waals surface area contributed by atoms with Gasteiger partial charge in [-0.1, -0.05) is 26.7 Å². The van der Waals surface area contributed by atoms with Crippen molar-refractivity contribution in [2.75, 3.05) is 14.1 Å². The first kappa shape index (κ1) is 17.5. The highest BCUT2D eigenvalue weighted by Crippen LogP contribution is 2.28. The highest BCUT2D eigenvalue weighted by molar-refractivity contribution is 5.93. The number of carbonyl (C=O) groups excluding carboxylic acids is 1. The molecule has 1 aromatic rings. The van der Waals surface area contributed by atoms with E-state index in [1.54, 1.807) is 4.90 Å². The number of hydrogen-bond acceptors (Lipinski definition) is 3. The van der Waals surface area contributed by atoms with Crippen molar-refractivity contribution in [2.45, 2.75) is 77.4 Å². The number of hydrogen-bond donors (Lipinski definition) is 1. The minimum absolute atomic E-state index is 0.0373. The predicted octanol–water partition coefficient (Wildman–Crippen LogP) is 2.63. The molecule has 0 saturated heterocycles. The quantitative estimate of drug-likeness (QED) is 0.902. The fourth-order valence-electron chi connectivity index (χ4n) is 4.14. The fraction of sp³-hybridized carbons (Fsp3) is 0.789. The molecule has 0 radical (unpaired) electrons. The van der Waals surface area contributed by atoms with Crippen LogP contribution in [0.4, 0.5) is 0 Å². The third-order valence-electron chi connectivity index (χ3n) is 5.32. The molecule has 1 N–H and O–H groups in total. The molecule has 1 amide bonds. The summed E-state index contributed by atoms with van der Waals surface area (Å²) in [5.74, 6) is 0.570. The predicted molar refractivity (Wildman–Crippen MR) is 96.3 cm³/mol. The summed E-state index contributed by atoms with van der Waals surface area (Å²) < 4.78 is 2.10. The average molecular weight is 332 g/mol. The Bertz CT molecular complexity index is 584. The molecule has 134 valence electrons. The van der Waals surface area contributed by atoms with Crippen molar-refractivity contribution >= 4 is 5.91 Å². The molecule has 1 aromatic heterocycles. The van der Waals surface area contributed by atoms with Gasteiger partial charge < -0.3 is 10.2 Å². The smallest absolute Gasteiger partial charge is 0.274 e. The number of nitrogens with one attached hydrogen (secondary N) is 1. The molecule has 0 unspecified atom stereocenters. The van der Waals surface area contributed by atoms with E-state index in [2.05, 4.69) is 23.8 Å². The number of nitrogens with zero attached hydrogens (tertiary/aromatic N) is 3. The SMILES string of the molecule is CC(C)Cn1nc(C(=O)N(C)C)c2c1CC[C@H](NC1CCCC1)C2. The minimum Gasteiger partial charge on any atom is -0.343 e. The average Bonchev–Trinajstić information content (AvgIpc) is 3.14. The lowest BCUT2D eigenvalue weighted by atomic mass is 9.90. The standard InChI is InChI=1S/C19H32N4O/c1-13(2)12-23-17-10-9-15(20-14-7-5-6-8-14)11-16(17)18(21-23)19(24)22(3)4/h13-15,20H,5-12H2,1-4H3/t15-/m0/s1. The first-order valence-electron chi connectivity index (χ1n) is 9.52. The second kappa shape index (κ2) is 7.26. The van der Waals surface area contributed by atoms with Gasteiger partial charge in [-0.2, -0.15) is 5.10 Å². The maximum atomic E-state index is 12.6. The maximum Gasteiger partial charge on any atom is 0.274 e. The van der Waals surface area contributed by atoms with E-state index < -0.39 is 0 Å². The molecule has 24 heavy (non-hydrogen) atoms. The third-order valence-corrected chi connectivity index (χ3v) is 5.32. The zero-order valence-corrected chi connectivity index (χ0v) is 15.6. The normalized spacial score (nSPS) is 21.3. The molecule has 0 aromatic carbocycles. The highest BCUT2D eigenvalue weighted by atomic mass is 16.2. The van der Waals surface area contributed by atoms with Gasteiger partial charge in [0, 0.05) is 44.0 Å². The van der Waals surface area contributed by atoms with Gasteiger partial charge in [0.25, 0.3) is 5.91 Å². The molecule has 1 atom stereocenters. The van der Waals surface area contributed by atoms with E-state index in [4.69, 9.17) is 5.10 Å². The zero-order valence-electron chi connectivity index (χ0n) is 15.6. The summed E-state index contributed by atoms with van der Waals surface area (Å²) in [5, 5.41) is 8.56. The van der Waals surface area contributed by atoms with Crippen LogP contribution in [0, 0.1) is 5.92 Å². The van der Waals surface area contributed by atoms with Crippen LogP contribution >= 0.6 is 0 Å². The molecule has 0 bridgehead atoms. The number of aromatic nitrogens is 2. The zero-order chi connectivity index (χ0) is 17.3. The van der Waals surface area contributed by atoms with Crippen LogP contribution in [0.2, 0.25) is 0 Å². The Hall–Kier alpha value is -1.36. The van der Waals surface area contributed by atoms with Crippen molar-refractivity contribution < 1.29 is 4.79 Å². The largest absolute Gasteiger partial charge is 0.343 e. The molecule has 3 rings (SSSR count). The first-order valence-corrected chi connectivity index (χ1v) is 9.52. The Morgan fingerprint density at radius 1 is 1.25 bits per heavy atom. The van der Waals surface area contributed by atoms with E-state index in [0.29, 0.717) is 23.7 Å². The Morgan fingerprint density at radius 2 is 1.96 bits per heavy atom. The van der Waals surface area contributed by atoms with Crippen molar-refractivity contribution in [3.8, 4) is 0 Å². The molecule has 0 aliphatic heterocycles. The van der Waals surface area contributed by atoms with Crippen molar-refractivity contribution in [3.63, 3.8) is 0 Å². The molecule has 2 aliphatic rings. The van der Waals surface area contributed by atoms with Crippen LogP contribution in [0.1, 0.15) is 67.7 Å². The Morgan fingerprint density at radius 3 is 2.58 bits per heavy atom. The van der Waals surface area contributed by atoms with Gasteiger partial charge in [0.05, 0.1) is 0 Å². The summed E-state index contributed by atoms with van der Waals surface area (Å²) in [6, 6.07) is 1.17. The topological polar surface area (TPSA) is 50.2 Å². The second-order valence-corrected chi connectivity index (χ2v) is 8.14. The summed E-state index contributed by atoms with van der Waals surface area (Å²) >= 11 is 0. The second-order valence-electron chi connectivity index (χ2n) is 8.14. The summed E-state index contributed by atoms with van der Waals surface area (Å²) in [6.07, 6.45) is 8.44. The molecule has 2 aliphatic carbocycles. The van der Waals surface area contributed by atoms with Crippen LogP contribution in [0.15, 0.2) is 0 Å². The third kappa shape index (κ3) is 3.66. The van der Waals surface area contributed by atoms with Gasteiger partial charge in [0.2, 0.25) is 0 Å². The van der Waals surface area contributed by atoms with E-state index in [1.165, 1.54) is 36.9 Å². The van der Waals surface area contributed by atoms with Gasteiger partial charge in [0.1, 0.15) is 0 Å². The van der Waals surface area contributed by atoms with Crippen molar-refractivity contribution in [1.82, 2.24) is 20.0 Å². The van der Waals surface area contributed by atoms with Crippen LogP contribution in [0.5, 0.6) is 0 Å². The molecule has 1 heterocycles. The lowest BCUT2D eigenvalue weighted by molar-refractivity contribution is 0.0819. The number of rotatable bonds is 5. The van der Waals surface area contributed by atoms with E-state index >= 15 is 0 Å². The van der Waals surface area contributed by atoms with Gasteiger partial charge in [0.15, 0.2) is 5.69 Å². The van der Waals surface area contributed by atoms with Crippen LogP contribution in [-0.2, 0) is 19.4 Å². The van der Waals surface area contributed by atoms with Gasteiger partial charge >= 0.3 is 0 Å². The molecule has 1 fully saturated rings. The van der Waals surface area contributed by atoms with Crippen LogP contribution in [0.25, 0.3) is 0 Å². The van der Waals surface area contributed by atoms with Gasteiger partial charge in [-0.25, -0.2) is 0 Å². The molecule has 5 heteroatoms. The lowest BCUT2D eigenvalue weighted by Gasteiger charge is -2.27. The Kier molecular flexibility index (Phi) is 5.28. The summed E-state index contributed by atoms with van der Waals surface area (Å²) in [5.41, 5.74) is 3.16.